The highest BCUT2D eigenvalue weighted by Gasteiger charge is 2.41. The van der Waals surface area contributed by atoms with Gasteiger partial charge in [-0.2, -0.15) is 0 Å². The first kappa shape index (κ1) is 15.2. The molecule has 1 N–H and O–H groups in total. The number of hydrogen-bond donors (Lipinski definition) is 1. The fourth-order valence-electron chi connectivity index (χ4n) is 2.89. The van der Waals surface area contributed by atoms with Crippen LogP contribution in [0.3, 0.4) is 0 Å². The average molecular weight is 307 g/mol. The van der Waals surface area contributed by atoms with E-state index in [1.54, 1.807) is 24.3 Å². The van der Waals surface area contributed by atoms with Gasteiger partial charge in [0, 0.05) is 6.42 Å². The van der Waals surface area contributed by atoms with Crippen LogP contribution in [0, 0.1) is 0 Å². The molecule has 0 fully saturated rings. The Morgan fingerprint density at radius 3 is 2.00 bits per heavy atom. The summed E-state index contributed by atoms with van der Waals surface area (Å²) >= 11 is 0. The van der Waals surface area contributed by atoms with Crippen LogP contribution in [-0.4, -0.2) is 34.0 Å². The maximum absolute atomic E-state index is 12.5. The lowest BCUT2D eigenvalue weighted by Crippen LogP contribution is -2.46. The van der Waals surface area contributed by atoms with E-state index in [0.717, 1.165) is 10.5 Å². The molecule has 0 unspecified atom stereocenters. The standard InChI is InChI=1S/C19H17NO3/c1-2-16(17(21)12-13-8-4-3-5-9-13)20-18(22)14-10-6-7-11-15(14)19(20)23/h2-11,16-17,21H,1,12H2/t16-,17+/m1/s1. The number of aliphatic hydroxyl groups excluding tert-OH is 1. The number of fused-ring (bicyclic) bond motifs is 1. The van der Waals surface area contributed by atoms with Gasteiger partial charge in [-0.1, -0.05) is 48.5 Å². The lowest BCUT2D eigenvalue weighted by molar-refractivity contribution is 0.0433. The number of imide groups is 1. The van der Waals surface area contributed by atoms with Crippen molar-refractivity contribution in [2.45, 2.75) is 18.6 Å². The molecule has 0 radical (unpaired) electrons. The van der Waals surface area contributed by atoms with Crippen LogP contribution in [-0.2, 0) is 6.42 Å². The molecule has 0 aromatic heterocycles. The molecule has 0 spiro atoms. The zero-order chi connectivity index (χ0) is 16.4. The summed E-state index contributed by atoms with van der Waals surface area (Å²) in [5.41, 5.74) is 1.68. The minimum Gasteiger partial charge on any atom is -0.390 e. The van der Waals surface area contributed by atoms with Crippen molar-refractivity contribution in [2.75, 3.05) is 0 Å². The Hall–Kier alpha value is -2.72. The highest BCUT2D eigenvalue weighted by Crippen LogP contribution is 2.26. The smallest absolute Gasteiger partial charge is 0.262 e. The van der Waals surface area contributed by atoms with Gasteiger partial charge in [0.25, 0.3) is 11.8 Å². The summed E-state index contributed by atoms with van der Waals surface area (Å²) in [6.45, 7) is 3.69. The second kappa shape index (κ2) is 6.18. The summed E-state index contributed by atoms with van der Waals surface area (Å²) in [6.07, 6.45) is 0.886. The van der Waals surface area contributed by atoms with Crippen molar-refractivity contribution in [3.8, 4) is 0 Å². The molecular weight excluding hydrogens is 290 g/mol. The Morgan fingerprint density at radius 2 is 1.48 bits per heavy atom. The van der Waals surface area contributed by atoms with Gasteiger partial charge in [-0.3, -0.25) is 14.5 Å². The second-order valence-corrected chi connectivity index (χ2v) is 5.51. The Morgan fingerprint density at radius 1 is 0.957 bits per heavy atom. The topological polar surface area (TPSA) is 57.6 Å². The van der Waals surface area contributed by atoms with Crippen molar-refractivity contribution < 1.29 is 14.7 Å². The summed E-state index contributed by atoms with van der Waals surface area (Å²) in [5, 5.41) is 10.5. The van der Waals surface area contributed by atoms with Gasteiger partial charge in [0.05, 0.1) is 23.3 Å². The van der Waals surface area contributed by atoms with Gasteiger partial charge in [-0.25, -0.2) is 0 Å². The minimum atomic E-state index is -0.905. The molecule has 1 aliphatic rings. The maximum atomic E-state index is 12.5. The van der Waals surface area contributed by atoms with Crippen LogP contribution in [0.25, 0.3) is 0 Å². The third kappa shape index (κ3) is 2.69. The van der Waals surface area contributed by atoms with Crippen molar-refractivity contribution in [3.05, 3.63) is 83.9 Å². The Balaban J connectivity index is 1.86. The van der Waals surface area contributed by atoms with E-state index in [4.69, 9.17) is 0 Å². The van der Waals surface area contributed by atoms with E-state index >= 15 is 0 Å². The van der Waals surface area contributed by atoms with Gasteiger partial charge < -0.3 is 5.11 Å². The lowest BCUT2D eigenvalue weighted by Gasteiger charge is -2.27. The minimum absolute atomic E-state index is 0.338. The molecular formula is C19H17NO3. The van der Waals surface area contributed by atoms with Crippen molar-refractivity contribution in [3.63, 3.8) is 0 Å². The predicted octanol–water partition coefficient (Wildman–Crippen LogP) is 2.44. The molecule has 0 aliphatic carbocycles. The van der Waals surface area contributed by atoms with Crippen molar-refractivity contribution >= 4 is 11.8 Å². The van der Waals surface area contributed by atoms with E-state index in [1.165, 1.54) is 6.08 Å². The maximum Gasteiger partial charge on any atom is 0.262 e. The number of amides is 2. The van der Waals surface area contributed by atoms with Gasteiger partial charge in [0.15, 0.2) is 0 Å². The number of nitrogens with zero attached hydrogens (tertiary/aromatic N) is 1. The van der Waals surface area contributed by atoms with Crippen LogP contribution >= 0.6 is 0 Å². The fraction of sp³-hybridized carbons (Fsp3) is 0.158. The molecule has 116 valence electrons. The molecule has 1 heterocycles. The molecule has 0 saturated heterocycles. The molecule has 0 bridgehead atoms. The number of carbonyl (C=O) groups is 2. The van der Waals surface area contributed by atoms with E-state index in [1.807, 2.05) is 30.3 Å². The molecule has 23 heavy (non-hydrogen) atoms. The molecule has 4 heteroatoms. The third-order valence-corrected chi connectivity index (χ3v) is 4.05. The van der Waals surface area contributed by atoms with Gasteiger partial charge in [-0.05, 0) is 17.7 Å². The predicted molar refractivity (Wildman–Crippen MR) is 87.1 cm³/mol. The second-order valence-electron chi connectivity index (χ2n) is 5.51. The van der Waals surface area contributed by atoms with Gasteiger partial charge in [0.1, 0.15) is 0 Å². The molecule has 0 saturated carbocycles. The van der Waals surface area contributed by atoms with Crippen molar-refractivity contribution in [1.82, 2.24) is 4.90 Å². The lowest BCUT2D eigenvalue weighted by atomic mass is 10.0. The zero-order valence-corrected chi connectivity index (χ0v) is 12.6. The Kier molecular flexibility index (Phi) is 4.08. The van der Waals surface area contributed by atoms with Crippen molar-refractivity contribution in [2.24, 2.45) is 0 Å². The quantitative estimate of drug-likeness (QED) is 0.682. The van der Waals surface area contributed by atoms with Crippen LogP contribution in [0.1, 0.15) is 26.3 Å². The van der Waals surface area contributed by atoms with E-state index in [0.29, 0.717) is 17.5 Å². The molecule has 2 aromatic carbocycles. The van der Waals surface area contributed by atoms with E-state index < -0.39 is 12.1 Å². The van der Waals surface area contributed by atoms with E-state index in [9.17, 15) is 14.7 Å². The van der Waals surface area contributed by atoms with Gasteiger partial charge >= 0.3 is 0 Å². The highest BCUT2D eigenvalue weighted by atomic mass is 16.3. The van der Waals surface area contributed by atoms with Crippen LogP contribution in [0.5, 0.6) is 0 Å². The normalized spacial score (nSPS) is 16.1. The number of rotatable bonds is 5. The molecule has 1 aliphatic heterocycles. The summed E-state index contributed by atoms with van der Waals surface area (Å²) < 4.78 is 0. The first-order valence-electron chi connectivity index (χ1n) is 7.45. The first-order valence-corrected chi connectivity index (χ1v) is 7.45. The highest BCUT2D eigenvalue weighted by molar-refractivity contribution is 6.21. The Labute approximate surface area is 134 Å². The zero-order valence-electron chi connectivity index (χ0n) is 12.6. The SMILES string of the molecule is C=C[C@H]([C@@H](O)Cc1ccccc1)N1C(=O)c2ccccc2C1=O. The first-order chi connectivity index (χ1) is 11.1. The van der Waals surface area contributed by atoms with Gasteiger partial charge in [-0.15, -0.1) is 6.58 Å². The summed E-state index contributed by atoms with van der Waals surface area (Å²) in [7, 11) is 0. The van der Waals surface area contributed by atoms with Crippen LogP contribution in [0.4, 0.5) is 0 Å². The third-order valence-electron chi connectivity index (χ3n) is 4.05. The van der Waals surface area contributed by atoms with E-state index in [2.05, 4.69) is 6.58 Å². The largest absolute Gasteiger partial charge is 0.390 e. The van der Waals surface area contributed by atoms with Crippen LogP contribution in [0.15, 0.2) is 67.3 Å². The monoisotopic (exact) mass is 307 g/mol. The number of carbonyl (C=O) groups excluding carboxylic acids is 2. The van der Waals surface area contributed by atoms with E-state index in [-0.39, 0.29) is 11.8 Å². The fourth-order valence-corrected chi connectivity index (χ4v) is 2.89. The molecule has 2 aromatic rings. The molecule has 4 nitrogen and oxygen atoms in total. The van der Waals surface area contributed by atoms with Crippen LogP contribution in [0.2, 0.25) is 0 Å². The van der Waals surface area contributed by atoms with Crippen molar-refractivity contribution in [1.29, 1.82) is 0 Å². The molecule has 3 rings (SSSR count). The number of benzene rings is 2. The summed E-state index contributed by atoms with van der Waals surface area (Å²) in [5.74, 6) is -0.773. The van der Waals surface area contributed by atoms with Crippen LogP contribution < -0.4 is 0 Å². The Bertz CT molecular complexity index is 719. The molecule has 2 amide bonds. The van der Waals surface area contributed by atoms with Gasteiger partial charge in [0.2, 0.25) is 0 Å². The summed E-state index contributed by atoms with van der Waals surface area (Å²) in [6, 6.07) is 15.4. The summed E-state index contributed by atoms with van der Waals surface area (Å²) in [4.78, 5) is 26.1. The number of hydrogen-bond acceptors (Lipinski definition) is 3. The molecule has 2 atom stereocenters. The number of aliphatic hydroxyl groups is 1. The average Bonchev–Trinajstić information content (AvgIpc) is 2.82.